The summed E-state index contributed by atoms with van der Waals surface area (Å²) in [5.74, 6) is -0.273. The van der Waals surface area contributed by atoms with Crippen LogP contribution in [-0.2, 0) is 5.54 Å². The Morgan fingerprint density at radius 2 is 2.05 bits per heavy atom. The van der Waals surface area contributed by atoms with E-state index in [1.807, 2.05) is 43.3 Å². The van der Waals surface area contributed by atoms with Gasteiger partial charge >= 0.3 is 0 Å². The molecule has 4 nitrogen and oxygen atoms in total. The molecule has 0 aliphatic heterocycles. The molecule has 0 bridgehead atoms. The fourth-order valence-electron chi connectivity index (χ4n) is 1.90. The quantitative estimate of drug-likeness (QED) is 0.867. The lowest BCUT2D eigenvalue weighted by atomic mass is 9.94. The maximum absolute atomic E-state index is 12.3. The molecule has 2 rings (SSSR count). The Hall–Kier alpha value is -2.19. The molecule has 1 N–H and O–H groups in total. The van der Waals surface area contributed by atoms with Crippen molar-refractivity contribution in [3.8, 4) is 6.07 Å². The van der Waals surface area contributed by atoms with Gasteiger partial charge in [-0.2, -0.15) is 5.26 Å². The van der Waals surface area contributed by atoms with Gasteiger partial charge in [-0.05, 0) is 24.6 Å². The van der Waals surface area contributed by atoms with E-state index in [0.717, 1.165) is 5.56 Å². The Balaban J connectivity index is 2.22. The number of carbonyl (C=O) groups excluding carboxylic acids is 1. The molecule has 0 saturated heterocycles. The molecule has 106 valence electrons. The van der Waals surface area contributed by atoms with E-state index in [1.54, 1.807) is 12.1 Å². The Bertz CT molecular complexity index is 664. The SMILES string of the molecule is CC(CBr)(NC(=O)c1ccc(C#N)cn1)c1ccccc1. The second-order valence-electron chi connectivity index (χ2n) is 4.83. The molecule has 1 aromatic carbocycles. The zero-order valence-corrected chi connectivity index (χ0v) is 13.1. The van der Waals surface area contributed by atoms with Crippen molar-refractivity contribution in [1.82, 2.24) is 10.3 Å². The van der Waals surface area contributed by atoms with Gasteiger partial charge in [-0.25, -0.2) is 4.98 Å². The molecule has 1 atom stereocenters. The van der Waals surface area contributed by atoms with Crippen LogP contribution in [0.3, 0.4) is 0 Å². The van der Waals surface area contributed by atoms with Gasteiger partial charge in [0, 0.05) is 11.5 Å². The summed E-state index contributed by atoms with van der Waals surface area (Å²) in [5, 5.41) is 12.3. The van der Waals surface area contributed by atoms with Gasteiger partial charge in [0.1, 0.15) is 11.8 Å². The number of nitrogens with zero attached hydrogens (tertiary/aromatic N) is 2. The highest BCUT2D eigenvalue weighted by Crippen LogP contribution is 2.23. The van der Waals surface area contributed by atoms with Gasteiger partial charge in [0.2, 0.25) is 0 Å². The molecule has 0 aliphatic rings. The van der Waals surface area contributed by atoms with E-state index < -0.39 is 5.54 Å². The summed E-state index contributed by atoms with van der Waals surface area (Å²) in [6, 6.07) is 14.8. The molecule has 0 aliphatic carbocycles. The van der Waals surface area contributed by atoms with Gasteiger partial charge in [0.05, 0.1) is 11.1 Å². The first-order valence-corrected chi connectivity index (χ1v) is 7.51. The Kier molecular flexibility index (Phi) is 4.71. The minimum absolute atomic E-state index is 0.273. The molecule has 0 radical (unpaired) electrons. The van der Waals surface area contributed by atoms with Crippen molar-refractivity contribution in [1.29, 1.82) is 5.26 Å². The van der Waals surface area contributed by atoms with Crippen LogP contribution >= 0.6 is 15.9 Å². The van der Waals surface area contributed by atoms with E-state index in [-0.39, 0.29) is 11.6 Å². The van der Waals surface area contributed by atoms with Crippen molar-refractivity contribution >= 4 is 21.8 Å². The van der Waals surface area contributed by atoms with Crippen LogP contribution in [0.25, 0.3) is 0 Å². The zero-order chi connectivity index (χ0) is 15.3. The van der Waals surface area contributed by atoms with Crippen molar-refractivity contribution in [3.63, 3.8) is 0 Å². The molecule has 2 aromatic rings. The summed E-state index contributed by atoms with van der Waals surface area (Å²) in [6.07, 6.45) is 1.39. The topological polar surface area (TPSA) is 65.8 Å². The molecular formula is C16H14BrN3O. The number of hydrogen-bond donors (Lipinski definition) is 1. The molecule has 1 heterocycles. The predicted molar refractivity (Wildman–Crippen MR) is 84.0 cm³/mol. The highest BCUT2D eigenvalue weighted by atomic mass is 79.9. The van der Waals surface area contributed by atoms with Crippen molar-refractivity contribution in [2.75, 3.05) is 5.33 Å². The number of carbonyl (C=O) groups is 1. The summed E-state index contributed by atoms with van der Waals surface area (Å²) in [7, 11) is 0. The lowest BCUT2D eigenvalue weighted by Crippen LogP contribution is -2.45. The first-order chi connectivity index (χ1) is 10.1. The molecule has 5 heteroatoms. The molecule has 1 unspecified atom stereocenters. The van der Waals surface area contributed by atoms with Gasteiger partial charge in [0.15, 0.2) is 0 Å². The number of nitriles is 1. The monoisotopic (exact) mass is 343 g/mol. The van der Waals surface area contributed by atoms with Crippen LogP contribution in [0.15, 0.2) is 48.7 Å². The van der Waals surface area contributed by atoms with E-state index in [4.69, 9.17) is 5.26 Å². The van der Waals surface area contributed by atoms with Gasteiger partial charge in [0.25, 0.3) is 5.91 Å². The highest BCUT2D eigenvalue weighted by molar-refractivity contribution is 9.09. The molecule has 0 saturated carbocycles. The smallest absolute Gasteiger partial charge is 0.270 e. The number of benzene rings is 1. The maximum atomic E-state index is 12.3. The van der Waals surface area contributed by atoms with Crippen LogP contribution in [0.4, 0.5) is 0 Å². The van der Waals surface area contributed by atoms with Crippen molar-refractivity contribution in [2.45, 2.75) is 12.5 Å². The predicted octanol–water partition coefficient (Wildman–Crippen LogP) is 2.99. The third-order valence-electron chi connectivity index (χ3n) is 3.19. The summed E-state index contributed by atoms with van der Waals surface area (Å²) >= 11 is 3.45. The number of pyridine rings is 1. The lowest BCUT2D eigenvalue weighted by Gasteiger charge is -2.29. The van der Waals surface area contributed by atoms with Crippen LogP contribution in [0.5, 0.6) is 0 Å². The van der Waals surface area contributed by atoms with E-state index >= 15 is 0 Å². The van der Waals surface area contributed by atoms with E-state index in [2.05, 4.69) is 26.2 Å². The lowest BCUT2D eigenvalue weighted by molar-refractivity contribution is 0.0909. The van der Waals surface area contributed by atoms with Crippen molar-refractivity contribution in [2.24, 2.45) is 0 Å². The normalized spacial score (nSPS) is 13.0. The first-order valence-electron chi connectivity index (χ1n) is 6.39. The van der Waals surface area contributed by atoms with E-state index in [1.165, 1.54) is 6.20 Å². The minimum Gasteiger partial charge on any atom is -0.341 e. The fourth-order valence-corrected chi connectivity index (χ4v) is 2.36. The summed E-state index contributed by atoms with van der Waals surface area (Å²) in [5.41, 5.74) is 1.19. The molecular weight excluding hydrogens is 330 g/mol. The van der Waals surface area contributed by atoms with Crippen LogP contribution in [0.2, 0.25) is 0 Å². The zero-order valence-electron chi connectivity index (χ0n) is 11.5. The van der Waals surface area contributed by atoms with Gasteiger partial charge < -0.3 is 5.32 Å². The number of amides is 1. The van der Waals surface area contributed by atoms with Crippen LogP contribution in [0, 0.1) is 11.3 Å². The van der Waals surface area contributed by atoms with Gasteiger partial charge in [-0.3, -0.25) is 4.79 Å². The second-order valence-corrected chi connectivity index (χ2v) is 5.39. The third-order valence-corrected chi connectivity index (χ3v) is 4.31. The van der Waals surface area contributed by atoms with Crippen molar-refractivity contribution in [3.05, 3.63) is 65.5 Å². The third kappa shape index (κ3) is 3.47. The van der Waals surface area contributed by atoms with Gasteiger partial charge in [-0.1, -0.05) is 46.3 Å². The number of hydrogen-bond acceptors (Lipinski definition) is 3. The maximum Gasteiger partial charge on any atom is 0.270 e. The highest BCUT2D eigenvalue weighted by Gasteiger charge is 2.28. The average molecular weight is 344 g/mol. The molecule has 0 fully saturated rings. The largest absolute Gasteiger partial charge is 0.341 e. The Morgan fingerprint density at radius 1 is 1.33 bits per heavy atom. The van der Waals surface area contributed by atoms with E-state index in [9.17, 15) is 4.79 Å². The first kappa shape index (κ1) is 15.2. The van der Waals surface area contributed by atoms with Gasteiger partial charge in [-0.15, -0.1) is 0 Å². The number of halogens is 1. The molecule has 0 spiro atoms. The van der Waals surface area contributed by atoms with Crippen LogP contribution in [-0.4, -0.2) is 16.2 Å². The summed E-state index contributed by atoms with van der Waals surface area (Å²) in [6.45, 7) is 1.94. The second kappa shape index (κ2) is 6.51. The fraction of sp³-hybridized carbons (Fsp3) is 0.188. The Morgan fingerprint density at radius 3 is 2.57 bits per heavy atom. The molecule has 1 aromatic heterocycles. The molecule has 1 amide bonds. The number of aromatic nitrogens is 1. The standard InChI is InChI=1S/C16H14BrN3O/c1-16(11-17,13-5-3-2-4-6-13)20-15(21)14-8-7-12(9-18)10-19-14/h2-8,10H,11H2,1H3,(H,20,21). The average Bonchev–Trinajstić information content (AvgIpc) is 2.55. The summed E-state index contributed by atoms with van der Waals surface area (Å²) in [4.78, 5) is 16.3. The number of rotatable bonds is 4. The van der Waals surface area contributed by atoms with Crippen LogP contribution < -0.4 is 5.32 Å². The molecule has 21 heavy (non-hydrogen) atoms. The number of alkyl halides is 1. The van der Waals surface area contributed by atoms with E-state index in [0.29, 0.717) is 10.9 Å². The Labute approximate surface area is 132 Å². The van der Waals surface area contributed by atoms with Crippen LogP contribution in [0.1, 0.15) is 28.5 Å². The number of nitrogens with one attached hydrogen (secondary N) is 1. The minimum atomic E-state index is -0.534. The van der Waals surface area contributed by atoms with Crippen molar-refractivity contribution < 1.29 is 4.79 Å². The summed E-state index contributed by atoms with van der Waals surface area (Å²) < 4.78 is 0.